The zero-order valence-corrected chi connectivity index (χ0v) is 40.4. The van der Waals surface area contributed by atoms with Gasteiger partial charge in [-0.3, -0.25) is 0 Å². The number of hydrogen-bond acceptors (Lipinski definition) is 5. The van der Waals surface area contributed by atoms with Crippen molar-refractivity contribution >= 4 is 90.3 Å². The van der Waals surface area contributed by atoms with Crippen molar-refractivity contribution in [2.75, 3.05) is 9.80 Å². The molecule has 0 fully saturated rings. The highest BCUT2D eigenvalue weighted by Gasteiger charge is 2.48. The summed E-state index contributed by atoms with van der Waals surface area (Å²) < 4.78 is 20.4. The summed E-state index contributed by atoms with van der Waals surface area (Å²) in [5.74, 6) is 1.72. The minimum atomic E-state index is -0.191. The first-order valence-corrected chi connectivity index (χ1v) is 23.7. The standard InChI is InChI=1S/C61H55BN2O3/c1-34-24-48-55-49(25-34)64(57-35(2)26-42(27-36(57)3)54-32-40-17-13-15-19-51(40)66-54)58-45-33-43(60(6,7)8)21-23-52(45)67-59(58)62(55)46-22-20-41(53-31-39-16-12-14-18-50(39)65-53)30-47(46)63(48)56-37(4)28-44(29-38(56)5)61(9,10)11/h12-33H,1-11H3. The van der Waals surface area contributed by atoms with E-state index in [0.29, 0.717) is 0 Å². The van der Waals surface area contributed by atoms with E-state index in [4.69, 9.17) is 13.3 Å². The summed E-state index contributed by atoms with van der Waals surface area (Å²) in [5.41, 5.74) is 23.5. The van der Waals surface area contributed by atoms with Crippen molar-refractivity contribution in [3.63, 3.8) is 0 Å². The van der Waals surface area contributed by atoms with Gasteiger partial charge < -0.3 is 23.1 Å². The van der Waals surface area contributed by atoms with Crippen molar-refractivity contribution in [2.24, 2.45) is 0 Å². The van der Waals surface area contributed by atoms with Crippen LogP contribution in [0.25, 0.3) is 55.6 Å². The van der Waals surface area contributed by atoms with Crippen LogP contribution in [0, 0.1) is 34.6 Å². The lowest BCUT2D eigenvalue weighted by Crippen LogP contribution is -2.61. The number of benzene rings is 7. The van der Waals surface area contributed by atoms with Gasteiger partial charge in [0.25, 0.3) is 6.71 Å². The highest BCUT2D eigenvalue weighted by molar-refractivity contribution is 7.00. The molecule has 0 atom stereocenters. The third-order valence-corrected chi connectivity index (χ3v) is 14.4. The van der Waals surface area contributed by atoms with E-state index in [1.165, 1.54) is 44.4 Å². The van der Waals surface area contributed by atoms with E-state index >= 15 is 0 Å². The first-order chi connectivity index (χ1) is 32.0. The SMILES string of the molecule is Cc1cc2c3c(c1)N(c1c(C)cc(-c4cc5ccccc5o4)cc1C)c1c(oc4ccc(C(C)(C)C)cc14)B3c1ccc(-c3cc4ccccc4o3)cc1N2c1c(C)cc(C(C)(C)C)cc1C. The van der Waals surface area contributed by atoms with E-state index in [1.807, 2.05) is 24.3 Å². The maximum absolute atomic E-state index is 7.36. The first kappa shape index (κ1) is 41.3. The molecule has 0 saturated heterocycles. The third kappa shape index (κ3) is 6.36. The maximum Gasteiger partial charge on any atom is 0.297 e. The van der Waals surface area contributed by atoms with Gasteiger partial charge in [0, 0.05) is 44.3 Å². The zero-order chi connectivity index (χ0) is 46.4. The van der Waals surface area contributed by atoms with Crippen molar-refractivity contribution < 1.29 is 13.3 Å². The van der Waals surface area contributed by atoms with E-state index in [1.54, 1.807) is 0 Å². The van der Waals surface area contributed by atoms with Crippen LogP contribution >= 0.6 is 0 Å². The van der Waals surface area contributed by atoms with Gasteiger partial charge in [0.2, 0.25) is 0 Å². The Morgan fingerprint density at radius 1 is 0.433 bits per heavy atom. The fourth-order valence-corrected chi connectivity index (χ4v) is 11.1. The van der Waals surface area contributed by atoms with E-state index in [2.05, 4.69) is 195 Å². The Labute approximate surface area is 393 Å². The van der Waals surface area contributed by atoms with Crippen LogP contribution < -0.4 is 26.4 Å². The highest BCUT2D eigenvalue weighted by Crippen LogP contribution is 2.51. The number of nitrogens with zero attached hydrogens (tertiary/aromatic N) is 2. The van der Waals surface area contributed by atoms with Crippen LogP contribution in [0.5, 0.6) is 0 Å². The molecule has 2 aliphatic heterocycles. The van der Waals surface area contributed by atoms with Gasteiger partial charge in [-0.1, -0.05) is 108 Å². The number of aryl methyl sites for hydroxylation is 5. The number of furan rings is 3. The summed E-state index contributed by atoms with van der Waals surface area (Å²) in [5, 5.41) is 3.30. The van der Waals surface area contributed by atoms with Crippen molar-refractivity contribution in [2.45, 2.75) is 87.0 Å². The fourth-order valence-electron chi connectivity index (χ4n) is 11.1. The second-order valence-electron chi connectivity index (χ2n) is 21.3. The van der Waals surface area contributed by atoms with Gasteiger partial charge in [-0.15, -0.1) is 0 Å². The second kappa shape index (κ2) is 14.4. The van der Waals surface area contributed by atoms with Gasteiger partial charge in [0.05, 0.1) is 22.7 Å². The Bertz CT molecular complexity index is 3590. The number of hydrogen-bond donors (Lipinski definition) is 0. The molecular weight excluding hydrogens is 819 g/mol. The maximum atomic E-state index is 7.36. The smallest absolute Gasteiger partial charge is 0.297 e. The Morgan fingerprint density at radius 3 is 1.58 bits per heavy atom. The predicted molar refractivity (Wildman–Crippen MR) is 282 cm³/mol. The first-order valence-electron chi connectivity index (χ1n) is 23.7. The molecule has 3 aromatic heterocycles. The largest absolute Gasteiger partial charge is 0.468 e. The normalized spacial score (nSPS) is 13.5. The molecule has 7 aromatic carbocycles. The van der Waals surface area contributed by atoms with Crippen molar-refractivity contribution in [3.8, 4) is 22.6 Å². The molecule has 2 aliphatic rings. The molecule has 330 valence electrons. The molecule has 0 saturated carbocycles. The summed E-state index contributed by atoms with van der Waals surface area (Å²) >= 11 is 0. The van der Waals surface area contributed by atoms with Crippen LogP contribution in [0.2, 0.25) is 0 Å². The minimum Gasteiger partial charge on any atom is -0.468 e. The lowest BCUT2D eigenvalue weighted by atomic mass is 9.35. The molecule has 12 rings (SSSR count). The number of rotatable bonds is 4. The Balaban J connectivity index is 1.16. The average molecular weight is 875 g/mol. The highest BCUT2D eigenvalue weighted by atomic mass is 16.3. The molecule has 0 aliphatic carbocycles. The second-order valence-corrected chi connectivity index (χ2v) is 21.3. The van der Waals surface area contributed by atoms with Crippen LogP contribution in [0.4, 0.5) is 34.1 Å². The van der Waals surface area contributed by atoms with Gasteiger partial charge >= 0.3 is 0 Å². The van der Waals surface area contributed by atoms with Gasteiger partial charge in [-0.25, -0.2) is 0 Å². The van der Waals surface area contributed by atoms with Gasteiger partial charge in [-0.05, 0) is 162 Å². The van der Waals surface area contributed by atoms with E-state index in [0.717, 1.165) is 101 Å². The molecule has 0 radical (unpaired) electrons. The van der Waals surface area contributed by atoms with E-state index in [-0.39, 0.29) is 17.5 Å². The van der Waals surface area contributed by atoms with Gasteiger partial charge in [0.1, 0.15) is 28.3 Å². The lowest BCUT2D eigenvalue weighted by molar-refractivity contribution is 0.589. The molecule has 5 heterocycles. The average Bonchev–Trinajstić information content (AvgIpc) is 4.02. The Hall–Kier alpha value is -7.18. The Morgan fingerprint density at radius 2 is 0.985 bits per heavy atom. The van der Waals surface area contributed by atoms with Crippen molar-refractivity contribution in [1.82, 2.24) is 0 Å². The number of para-hydroxylation sites is 2. The molecule has 0 spiro atoms. The molecule has 0 bridgehead atoms. The van der Waals surface area contributed by atoms with E-state index < -0.39 is 0 Å². The summed E-state index contributed by atoms with van der Waals surface area (Å²) in [6.45, 7) is 24.9. The quantitative estimate of drug-likeness (QED) is 0.165. The predicted octanol–water partition coefficient (Wildman–Crippen LogP) is 15.5. The molecular formula is C61H55BN2O3. The summed E-state index contributed by atoms with van der Waals surface area (Å²) in [6.07, 6.45) is 0. The van der Waals surface area contributed by atoms with Crippen molar-refractivity contribution in [3.05, 3.63) is 172 Å². The van der Waals surface area contributed by atoms with Crippen LogP contribution in [0.1, 0.15) is 80.5 Å². The summed E-state index contributed by atoms with van der Waals surface area (Å²) in [7, 11) is 0. The van der Waals surface area contributed by atoms with E-state index in [9.17, 15) is 0 Å². The van der Waals surface area contributed by atoms with Gasteiger partial charge in [-0.2, -0.15) is 0 Å². The summed E-state index contributed by atoms with van der Waals surface area (Å²) in [6, 6.07) is 48.8. The molecule has 67 heavy (non-hydrogen) atoms. The monoisotopic (exact) mass is 874 g/mol. The van der Waals surface area contributed by atoms with Crippen LogP contribution in [0.15, 0.2) is 147 Å². The van der Waals surface area contributed by atoms with Crippen LogP contribution in [-0.4, -0.2) is 6.71 Å². The molecule has 5 nitrogen and oxygen atoms in total. The van der Waals surface area contributed by atoms with Gasteiger partial charge in [0.15, 0.2) is 0 Å². The molecule has 10 aromatic rings. The molecule has 0 amide bonds. The number of fused-ring (bicyclic) bond motifs is 8. The Kier molecular flexibility index (Phi) is 8.88. The zero-order valence-electron chi connectivity index (χ0n) is 40.4. The third-order valence-electron chi connectivity index (χ3n) is 14.4. The minimum absolute atomic E-state index is 0.00333. The number of anilines is 6. The van der Waals surface area contributed by atoms with Crippen LogP contribution in [-0.2, 0) is 10.8 Å². The molecule has 0 unspecified atom stereocenters. The van der Waals surface area contributed by atoms with Crippen molar-refractivity contribution in [1.29, 1.82) is 0 Å². The molecule has 0 N–H and O–H groups in total. The lowest BCUT2D eigenvalue weighted by Gasteiger charge is -2.44. The van der Waals surface area contributed by atoms with Crippen LogP contribution in [0.3, 0.4) is 0 Å². The molecule has 6 heteroatoms. The fraction of sp³-hybridized carbons (Fsp3) is 0.213. The topological polar surface area (TPSA) is 45.9 Å². The summed E-state index contributed by atoms with van der Waals surface area (Å²) in [4.78, 5) is 5.09.